The third-order valence-electron chi connectivity index (χ3n) is 8.05. The Morgan fingerprint density at radius 2 is 1.26 bits per heavy atom. The summed E-state index contributed by atoms with van der Waals surface area (Å²) in [5.41, 5.74) is 2.98. The molecule has 3 fully saturated rings. The van der Waals surface area contributed by atoms with E-state index in [-0.39, 0.29) is 24.9 Å². The van der Waals surface area contributed by atoms with Crippen molar-refractivity contribution >= 4 is 17.8 Å². The Labute approximate surface area is 200 Å². The molecule has 0 aromatic carbocycles. The maximum absolute atomic E-state index is 12.6. The van der Waals surface area contributed by atoms with E-state index in [1.54, 1.807) is 0 Å². The normalized spacial score (nSPS) is 36.5. The van der Waals surface area contributed by atoms with Gasteiger partial charge in [0.05, 0.1) is 36.6 Å². The first-order valence-corrected chi connectivity index (χ1v) is 12.7. The second kappa shape index (κ2) is 12.8. The summed E-state index contributed by atoms with van der Waals surface area (Å²) in [6.07, 6.45) is 5.20. The van der Waals surface area contributed by atoms with Gasteiger partial charge in [-0.1, -0.05) is 0 Å². The number of hydroxylamine groups is 1. The minimum absolute atomic E-state index is 0.195. The Morgan fingerprint density at radius 3 is 1.88 bits per heavy atom. The predicted octanol–water partition coefficient (Wildman–Crippen LogP) is 1.15. The van der Waals surface area contributed by atoms with Gasteiger partial charge in [-0.2, -0.15) is 0 Å². The zero-order valence-corrected chi connectivity index (χ0v) is 19.7. The van der Waals surface area contributed by atoms with E-state index >= 15 is 0 Å². The Hall–Kier alpha value is -1.75. The van der Waals surface area contributed by atoms with E-state index in [0.717, 1.165) is 25.7 Å². The number of amides is 1. The lowest BCUT2D eigenvalue weighted by molar-refractivity contribution is -0.150. The highest BCUT2D eigenvalue weighted by Crippen LogP contribution is 2.33. The zero-order chi connectivity index (χ0) is 24.7. The van der Waals surface area contributed by atoms with Crippen LogP contribution >= 0.6 is 0 Å². The Balaban J connectivity index is 1.31. The molecule has 0 aliphatic heterocycles. The van der Waals surface area contributed by atoms with Crippen LogP contribution in [0.1, 0.15) is 64.2 Å². The molecule has 1 amide bonds. The number of nitrogens with one attached hydrogen (secondary N) is 2. The van der Waals surface area contributed by atoms with Crippen molar-refractivity contribution in [2.45, 2.75) is 76.4 Å². The Kier molecular flexibility index (Phi) is 10.1. The van der Waals surface area contributed by atoms with E-state index < -0.39 is 41.9 Å². The van der Waals surface area contributed by atoms with Gasteiger partial charge in [0, 0.05) is 13.1 Å². The standard InChI is InChI=1S/C24H40N2O8/c27-17-5-7-19(23(30)31)16(9-17)13-34-26-12-15-3-1-14(2-4-15)11-25-22(29)21-10-18(28)6-8-20(21)24(32)33/h14-21,26-28H,1-13H2,(H,25,29)(H,30,31)(H,32,33). The highest BCUT2D eigenvalue weighted by Gasteiger charge is 2.39. The van der Waals surface area contributed by atoms with Crippen LogP contribution < -0.4 is 10.8 Å². The Bertz CT molecular complexity index is 696. The third-order valence-corrected chi connectivity index (χ3v) is 8.05. The molecule has 10 nitrogen and oxygen atoms in total. The molecule has 6 unspecified atom stereocenters. The second-order valence-electron chi connectivity index (χ2n) is 10.5. The van der Waals surface area contributed by atoms with Crippen molar-refractivity contribution in [1.82, 2.24) is 10.8 Å². The lowest BCUT2D eigenvalue weighted by atomic mass is 9.77. The van der Waals surface area contributed by atoms with Gasteiger partial charge in [0.15, 0.2) is 0 Å². The summed E-state index contributed by atoms with van der Waals surface area (Å²) in [5, 5.41) is 41.4. The summed E-state index contributed by atoms with van der Waals surface area (Å²) in [6, 6.07) is 0. The van der Waals surface area contributed by atoms with E-state index in [0.29, 0.717) is 57.0 Å². The number of rotatable bonds is 10. The molecular weight excluding hydrogens is 444 g/mol. The summed E-state index contributed by atoms with van der Waals surface area (Å²) < 4.78 is 0. The molecule has 0 radical (unpaired) electrons. The first-order chi connectivity index (χ1) is 16.2. The predicted molar refractivity (Wildman–Crippen MR) is 121 cm³/mol. The molecule has 3 aliphatic rings. The lowest BCUT2D eigenvalue weighted by Crippen LogP contribution is -2.44. The van der Waals surface area contributed by atoms with Crippen LogP contribution in [0, 0.1) is 35.5 Å². The van der Waals surface area contributed by atoms with Gasteiger partial charge in [-0.15, -0.1) is 0 Å². The number of aliphatic hydroxyl groups is 2. The number of carboxylic acid groups (broad SMARTS) is 2. The van der Waals surface area contributed by atoms with Crippen molar-refractivity contribution in [1.29, 1.82) is 0 Å². The first kappa shape index (κ1) is 26.8. The number of carbonyl (C=O) groups excluding carboxylic acids is 1. The molecule has 3 aliphatic carbocycles. The zero-order valence-electron chi connectivity index (χ0n) is 19.7. The average molecular weight is 485 g/mol. The van der Waals surface area contributed by atoms with Crippen molar-refractivity contribution in [3.63, 3.8) is 0 Å². The fourth-order valence-electron chi connectivity index (χ4n) is 5.84. The highest BCUT2D eigenvalue weighted by molar-refractivity contribution is 5.85. The molecule has 6 N–H and O–H groups in total. The number of hydrogen-bond donors (Lipinski definition) is 6. The van der Waals surface area contributed by atoms with Crippen LogP contribution in [0.3, 0.4) is 0 Å². The molecule has 0 aromatic rings. The molecule has 3 saturated carbocycles. The molecule has 0 aromatic heterocycles. The number of aliphatic hydroxyl groups excluding tert-OH is 2. The molecule has 194 valence electrons. The van der Waals surface area contributed by atoms with Gasteiger partial charge in [0.25, 0.3) is 0 Å². The number of carbonyl (C=O) groups is 3. The summed E-state index contributed by atoms with van der Waals surface area (Å²) in [7, 11) is 0. The van der Waals surface area contributed by atoms with Crippen LogP contribution in [-0.2, 0) is 19.2 Å². The van der Waals surface area contributed by atoms with Crippen LogP contribution in [-0.4, -0.2) is 70.2 Å². The molecule has 0 spiro atoms. The van der Waals surface area contributed by atoms with Gasteiger partial charge in [-0.25, -0.2) is 5.48 Å². The van der Waals surface area contributed by atoms with Crippen LogP contribution in [0.15, 0.2) is 0 Å². The van der Waals surface area contributed by atoms with E-state index in [9.17, 15) is 34.8 Å². The smallest absolute Gasteiger partial charge is 0.307 e. The van der Waals surface area contributed by atoms with Crippen molar-refractivity contribution in [3.8, 4) is 0 Å². The van der Waals surface area contributed by atoms with Gasteiger partial charge >= 0.3 is 11.9 Å². The highest BCUT2D eigenvalue weighted by atomic mass is 16.6. The van der Waals surface area contributed by atoms with E-state index in [1.165, 1.54) is 0 Å². The topological polar surface area (TPSA) is 165 Å². The summed E-state index contributed by atoms with van der Waals surface area (Å²) >= 11 is 0. The van der Waals surface area contributed by atoms with Crippen molar-refractivity contribution < 1.29 is 39.6 Å². The van der Waals surface area contributed by atoms with Crippen LogP contribution in [0.25, 0.3) is 0 Å². The van der Waals surface area contributed by atoms with E-state index in [2.05, 4.69) is 10.8 Å². The van der Waals surface area contributed by atoms with Crippen molar-refractivity contribution in [2.24, 2.45) is 35.5 Å². The second-order valence-corrected chi connectivity index (χ2v) is 10.5. The van der Waals surface area contributed by atoms with Crippen LogP contribution in [0.4, 0.5) is 0 Å². The molecular formula is C24H40N2O8. The maximum Gasteiger partial charge on any atom is 0.307 e. The number of aliphatic carboxylic acids is 2. The minimum Gasteiger partial charge on any atom is -0.481 e. The van der Waals surface area contributed by atoms with Crippen molar-refractivity contribution in [3.05, 3.63) is 0 Å². The number of carboxylic acids is 2. The van der Waals surface area contributed by atoms with Crippen LogP contribution in [0.5, 0.6) is 0 Å². The van der Waals surface area contributed by atoms with E-state index in [1.807, 2.05) is 0 Å². The fraction of sp³-hybridized carbons (Fsp3) is 0.875. The number of hydrogen-bond acceptors (Lipinski definition) is 7. The maximum atomic E-state index is 12.6. The molecule has 10 heteroatoms. The largest absolute Gasteiger partial charge is 0.481 e. The van der Waals surface area contributed by atoms with Gasteiger partial charge < -0.3 is 30.6 Å². The molecule has 0 bridgehead atoms. The fourth-order valence-corrected chi connectivity index (χ4v) is 5.84. The van der Waals surface area contributed by atoms with Gasteiger partial charge in [-0.3, -0.25) is 14.4 Å². The molecule has 0 saturated heterocycles. The summed E-state index contributed by atoms with van der Waals surface area (Å²) in [5.74, 6) is -3.36. The quantitative estimate of drug-likeness (QED) is 0.197. The molecule has 6 atom stereocenters. The van der Waals surface area contributed by atoms with Gasteiger partial charge in [0.1, 0.15) is 0 Å². The summed E-state index contributed by atoms with van der Waals surface area (Å²) in [6.45, 7) is 1.46. The lowest BCUT2D eigenvalue weighted by Gasteiger charge is -2.33. The first-order valence-electron chi connectivity index (χ1n) is 12.7. The van der Waals surface area contributed by atoms with E-state index in [4.69, 9.17) is 4.84 Å². The summed E-state index contributed by atoms with van der Waals surface area (Å²) in [4.78, 5) is 41.0. The van der Waals surface area contributed by atoms with Crippen LogP contribution in [0.2, 0.25) is 0 Å². The van der Waals surface area contributed by atoms with Crippen molar-refractivity contribution in [2.75, 3.05) is 19.7 Å². The molecule has 34 heavy (non-hydrogen) atoms. The van der Waals surface area contributed by atoms with Gasteiger partial charge in [0.2, 0.25) is 5.91 Å². The molecule has 3 rings (SSSR count). The van der Waals surface area contributed by atoms with Gasteiger partial charge in [-0.05, 0) is 82.0 Å². The molecule has 0 heterocycles. The Morgan fingerprint density at radius 1 is 0.706 bits per heavy atom. The average Bonchev–Trinajstić information content (AvgIpc) is 2.80. The SMILES string of the molecule is O=C(O)C1CCC(O)CC1CONCC1CCC(CNC(=O)C2CC(O)CCC2C(=O)O)CC1. The minimum atomic E-state index is -0.972. The third kappa shape index (κ3) is 7.63. The monoisotopic (exact) mass is 484 g/mol.